The van der Waals surface area contributed by atoms with Crippen molar-refractivity contribution in [2.75, 3.05) is 52.9 Å². The zero-order valence-corrected chi connectivity index (χ0v) is 11.5. The van der Waals surface area contributed by atoms with Crippen LogP contribution in [0.1, 0.15) is 32.1 Å². The minimum absolute atomic E-state index is 1.01. The largest absolute Gasteiger partial charge is 0.317 e. The fourth-order valence-electron chi connectivity index (χ4n) is 3.10. The van der Waals surface area contributed by atoms with Crippen LogP contribution >= 0.6 is 0 Å². The third-order valence-electron chi connectivity index (χ3n) is 4.36. The molecule has 0 bridgehead atoms. The lowest BCUT2D eigenvalue weighted by atomic mass is 9.93. The molecule has 0 unspecified atom stereocenters. The molecule has 0 radical (unpaired) electrons. The van der Waals surface area contributed by atoms with Crippen molar-refractivity contribution < 1.29 is 0 Å². The van der Waals surface area contributed by atoms with E-state index in [1.165, 1.54) is 77.9 Å². The van der Waals surface area contributed by atoms with Gasteiger partial charge in [0.2, 0.25) is 0 Å². The maximum atomic E-state index is 3.45. The fraction of sp³-hybridized carbons (Fsp3) is 1.00. The molecule has 3 heteroatoms. The lowest BCUT2D eigenvalue weighted by molar-refractivity contribution is 0.255. The van der Waals surface area contributed by atoms with Crippen molar-refractivity contribution in [3.63, 3.8) is 0 Å². The van der Waals surface area contributed by atoms with E-state index in [4.69, 9.17) is 0 Å². The van der Waals surface area contributed by atoms with E-state index in [2.05, 4.69) is 22.2 Å². The summed E-state index contributed by atoms with van der Waals surface area (Å²) in [4.78, 5) is 5.14. The number of likely N-dealkylation sites (N-methyl/N-ethyl adjacent to an activating group) is 1. The molecule has 2 aliphatic rings. The first-order chi connectivity index (χ1) is 8.34. The average Bonchev–Trinajstić information content (AvgIpc) is 2.56. The smallest absolute Gasteiger partial charge is 0.0109 e. The van der Waals surface area contributed by atoms with Gasteiger partial charge in [-0.1, -0.05) is 0 Å². The van der Waals surface area contributed by atoms with E-state index in [1.807, 2.05) is 0 Å². The third-order valence-corrected chi connectivity index (χ3v) is 4.36. The first-order valence-corrected chi connectivity index (χ1v) is 7.46. The van der Waals surface area contributed by atoms with Gasteiger partial charge in [-0.2, -0.15) is 0 Å². The average molecular weight is 239 g/mol. The first-order valence-electron chi connectivity index (χ1n) is 7.46. The van der Waals surface area contributed by atoms with Crippen LogP contribution in [0.2, 0.25) is 0 Å². The molecule has 0 aromatic carbocycles. The van der Waals surface area contributed by atoms with Gasteiger partial charge in [0.1, 0.15) is 0 Å². The van der Waals surface area contributed by atoms with E-state index < -0.39 is 0 Å². The van der Waals surface area contributed by atoms with Crippen LogP contribution in [0.5, 0.6) is 0 Å². The summed E-state index contributed by atoms with van der Waals surface area (Å²) in [5.41, 5.74) is 0. The summed E-state index contributed by atoms with van der Waals surface area (Å²) in [5.74, 6) is 1.01. The maximum absolute atomic E-state index is 3.45. The first kappa shape index (κ1) is 13.3. The topological polar surface area (TPSA) is 18.5 Å². The molecule has 2 aliphatic heterocycles. The van der Waals surface area contributed by atoms with Gasteiger partial charge in [-0.15, -0.1) is 0 Å². The summed E-state index contributed by atoms with van der Waals surface area (Å²) in [6.07, 6.45) is 7.03. The van der Waals surface area contributed by atoms with Gasteiger partial charge >= 0.3 is 0 Å². The monoisotopic (exact) mass is 239 g/mol. The highest BCUT2D eigenvalue weighted by Crippen LogP contribution is 2.18. The van der Waals surface area contributed by atoms with Gasteiger partial charge in [0.15, 0.2) is 0 Å². The molecule has 17 heavy (non-hydrogen) atoms. The van der Waals surface area contributed by atoms with E-state index in [-0.39, 0.29) is 0 Å². The van der Waals surface area contributed by atoms with Gasteiger partial charge in [-0.25, -0.2) is 0 Å². The second-order valence-corrected chi connectivity index (χ2v) is 5.83. The van der Waals surface area contributed by atoms with Crippen molar-refractivity contribution >= 4 is 0 Å². The van der Waals surface area contributed by atoms with Crippen molar-refractivity contribution in [1.82, 2.24) is 15.1 Å². The predicted molar refractivity (Wildman–Crippen MR) is 73.4 cm³/mol. The highest BCUT2D eigenvalue weighted by molar-refractivity contribution is 4.71. The molecule has 1 N–H and O–H groups in total. The quantitative estimate of drug-likeness (QED) is 0.800. The van der Waals surface area contributed by atoms with E-state index in [0.717, 1.165) is 5.92 Å². The summed E-state index contributed by atoms with van der Waals surface area (Å²) in [6.45, 7) is 8.97. The summed E-state index contributed by atoms with van der Waals surface area (Å²) in [5, 5.41) is 3.45. The Kier molecular flexibility index (Phi) is 5.75. The molecular weight excluding hydrogens is 210 g/mol. The van der Waals surface area contributed by atoms with Crippen LogP contribution in [0, 0.1) is 5.92 Å². The number of piperidine rings is 1. The van der Waals surface area contributed by atoms with Gasteiger partial charge < -0.3 is 15.1 Å². The summed E-state index contributed by atoms with van der Waals surface area (Å²) in [7, 11) is 2.25. The van der Waals surface area contributed by atoms with Gasteiger partial charge in [0.05, 0.1) is 0 Å². The van der Waals surface area contributed by atoms with Gasteiger partial charge in [-0.05, 0) is 77.8 Å². The van der Waals surface area contributed by atoms with Crippen molar-refractivity contribution in [3.8, 4) is 0 Å². The van der Waals surface area contributed by atoms with Gasteiger partial charge in [-0.3, -0.25) is 0 Å². The zero-order chi connectivity index (χ0) is 11.9. The van der Waals surface area contributed by atoms with Crippen LogP contribution in [-0.2, 0) is 0 Å². The number of hydrogen-bond donors (Lipinski definition) is 1. The Labute approximate surface area is 107 Å². The molecular formula is C14H29N3. The Morgan fingerprint density at radius 1 is 1.06 bits per heavy atom. The van der Waals surface area contributed by atoms with E-state index in [0.29, 0.717) is 0 Å². The number of nitrogens with one attached hydrogen (secondary N) is 1. The summed E-state index contributed by atoms with van der Waals surface area (Å²) < 4.78 is 0. The van der Waals surface area contributed by atoms with Crippen LogP contribution < -0.4 is 5.32 Å². The van der Waals surface area contributed by atoms with Crippen molar-refractivity contribution in [3.05, 3.63) is 0 Å². The molecule has 0 saturated carbocycles. The van der Waals surface area contributed by atoms with Crippen LogP contribution in [0.3, 0.4) is 0 Å². The van der Waals surface area contributed by atoms with Crippen molar-refractivity contribution in [2.45, 2.75) is 32.1 Å². The van der Waals surface area contributed by atoms with Gasteiger partial charge in [0, 0.05) is 13.1 Å². The standard InChI is InChI=1S/C14H29N3/c1-16-9-3-11-17(13-12-16)10-2-4-14-5-7-15-8-6-14/h14-15H,2-13H2,1H3. The second-order valence-electron chi connectivity index (χ2n) is 5.83. The molecule has 2 fully saturated rings. The lowest BCUT2D eigenvalue weighted by Gasteiger charge is -2.24. The van der Waals surface area contributed by atoms with E-state index >= 15 is 0 Å². The molecule has 2 heterocycles. The highest BCUT2D eigenvalue weighted by atomic mass is 15.2. The van der Waals surface area contributed by atoms with E-state index in [1.54, 1.807) is 0 Å². The molecule has 0 atom stereocenters. The van der Waals surface area contributed by atoms with Crippen LogP contribution in [0.25, 0.3) is 0 Å². The highest BCUT2D eigenvalue weighted by Gasteiger charge is 2.14. The molecule has 2 rings (SSSR count). The molecule has 3 nitrogen and oxygen atoms in total. The molecule has 2 saturated heterocycles. The number of nitrogens with zero attached hydrogens (tertiary/aromatic N) is 2. The van der Waals surface area contributed by atoms with Crippen LogP contribution in [0.4, 0.5) is 0 Å². The Balaban J connectivity index is 1.57. The molecule has 0 spiro atoms. The Hall–Kier alpha value is -0.120. The van der Waals surface area contributed by atoms with E-state index in [9.17, 15) is 0 Å². The number of rotatable bonds is 4. The molecule has 100 valence electrons. The third kappa shape index (κ3) is 4.94. The van der Waals surface area contributed by atoms with Crippen LogP contribution in [0.15, 0.2) is 0 Å². The maximum Gasteiger partial charge on any atom is 0.0109 e. The predicted octanol–water partition coefficient (Wildman–Crippen LogP) is 1.40. The molecule has 0 amide bonds. The zero-order valence-electron chi connectivity index (χ0n) is 11.5. The van der Waals surface area contributed by atoms with Crippen molar-refractivity contribution in [2.24, 2.45) is 5.92 Å². The normalized spacial score (nSPS) is 25.9. The fourth-order valence-corrected chi connectivity index (χ4v) is 3.10. The van der Waals surface area contributed by atoms with Crippen molar-refractivity contribution in [1.29, 1.82) is 0 Å². The SMILES string of the molecule is CN1CCCN(CCCC2CCNCC2)CC1. The summed E-state index contributed by atoms with van der Waals surface area (Å²) >= 11 is 0. The molecule has 0 aromatic rings. The summed E-state index contributed by atoms with van der Waals surface area (Å²) in [6, 6.07) is 0. The Bertz CT molecular complexity index is 202. The van der Waals surface area contributed by atoms with Gasteiger partial charge in [0.25, 0.3) is 0 Å². The lowest BCUT2D eigenvalue weighted by Crippen LogP contribution is -2.31. The Morgan fingerprint density at radius 2 is 1.88 bits per heavy atom. The second kappa shape index (κ2) is 7.34. The minimum Gasteiger partial charge on any atom is -0.317 e. The van der Waals surface area contributed by atoms with Crippen LogP contribution in [-0.4, -0.2) is 62.7 Å². The minimum atomic E-state index is 1.01. The Morgan fingerprint density at radius 3 is 2.71 bits per heavy atom. The number of hydrogen-bond acceptors (Lipinski definition) is 3. The molecule has 0 aromatic heterocycles. The molecule has 0 aliphatic carbocycles.